The highest BCUT2D eigenvalue weighted by molar-refractivity contribution is 7.16. The number of thiazole rings is 1. The van der Waals surface area contributed by atoms with Crippen LogP contribution < -0.4 is 10.2 Å². The van der Waals surface area contributed by atoms with Gasteiger partial charge in [0, 0.05) is 18.3 Å². The van der Waals surface area contributed by atoms with Gasteiger partial charge < -0.3 is 10.2 Å². The monoisotopic (exact) mass is 275 g/mol. The van der Waals surface area contributed by atoms with E-state index in [1.807, 2.05) is 22.5 Å². The first-order valence-corrected chi connectivity index (χ1v) is 7.44. The van der Waals surface area contributed by atoms with Gasteiger partial charge >= 0.3 is 0 Å². The molecule has 100 valence electrons. The zero-order chi connectivity index (χ0) is 13.4. The van der Waals surface area contributed by atoms with E-state index >= 15 is 0 Å². The highest BCUT2D eigenvalue weighted by Gasteiger charge is 2.32. The van der Waals surface area contributed by atoms with Crippen molar-refractivity contribution in [2.75, 3.05) is 11.4 Å². The predicted octanol–water partition coefficient (Wildman–Crippen LogP) is 2.40. The molecule has 1 aliphatic heterocycles. The lowest BCUT2D eigenvalue weighted by Gasteiger charge is -2.18. The van der Waals surface area contributed by atoms with Gasteiger partial charge in [0.15, 0.2) is 0 Å². The lowest BCUT2D eigenvalue weighted by atomic mass is 10.2. The third kappa shape index (κ3) is 2.35. The van der Waals surface area contributed by atoms with Crippen molar-refractivity contribution in [3.05, 3.63) is 23.7 Å². The number of aromatic nitrogens is 1. The van der Waals surface area contributed by atoms with Gasteiger partial charge in [0.05, 0.1) is 21.8 Å². The molecule has 1 saturated heterocycles. The van der Waals surface area contributed by atoms with E-state index in [2.05, 4.69) is 30.2 Å². The Balaban J connectivity index is 1.84. The van der Waals surface area contributed by atoms with Gasteiger partial charge in [0.25, 0.3) is 0 Å². The van der Waals surface area contributed by atoms with Crippen molar-refractivity contribution in [2.24, 2.45) is 0 Å². The molecule has 2 heterocycles. The van der Waals surface area contributed by atoms with Crippen LogP contribution in [0.2, 0.25) is 0 Å². The molecule has 1 unspecified atom stereocenters. The fourth-order valence-electron chi connectivity index (χ4n) is 2.50. The first kappa shape index (κ1) is 12.6. The summed E-state index contributed by atoms with van der Waals surface area (Å²) >= 11 is 1.61. The molecule has 1 aliphatic rings. The summed E-state index contributed by atoms with van der Waals surface area (Å²) < 4.78 is 1.13. The summed E-state index contributed by atoms with van der Waals surface area (Å²) in [6.45, 7) is 4.92. The third-order valence-corrected chi connectivity index (χ3v) is 4.16. The fraction of sp³-hybridized carbons (Fsp3) is 0.429. The Kier molecular flexibility index (Phi) is 3.24. The van der Waals surface area contributed by atoms with Crippen LogP contribution in [0.5, 0.6) is 0 Å². The minimum atomic E-state index is -0.0443. The molecule has 0 aliphatic carbocycles. The topological polar surface area (TPSA) is 45.2 Å². The highest BCUT2D eigenvalue weighted by atomic mass is 32.1. The van der Waals surface area contributed by atoms with Crippen LogP contribution in [0.25, 0.3) is 10.2 Å². The fourth-order valence-corrected chi connectivity index (χ4v) is 3.22. The molecule has 0 saturated carbocycles. The molecule has 0 radical (unpaired) electrons. The number of fused-ring (bicyclic) bond motifs is 1. The van der Waals surface area contributed by atoms with Crippen molar-refractivity contribution in [1.29, 1.82) is 0 Å². The second-order valence-corrected chi connectivity index (χ2v) is 6.04. The number of anilines is 1. The molecule has 3 rings (SSSR count). The number of hydrogen-bond donors (Lipinski definition) is 1. The quantitative estimate of drug-likeness (QED) is 0.935. The largest absolute Gasteiger partial charge is 0.311 e. The number of rotatable bonds is 3. The molecule has 1 N–H and O–H groups in total. The molecule has 1 aromatic heterocycles. The Bertz CT molecular complexity index is 608. The molecule has 0 spiro atoms. The van der Waals surface area contributed by atoms with Gasteiger partial charge in [0.2, 0.25) is 5.91 Å². The van der Waals surface area contributed by atoms with E-state index in [4.69, 9.17) is 0 Å². The van der Waals surface area contributed by atoms with Gasteiger partial charge in [0.1, 0.15) is 0 Å². The Morgan fingerprint density at radius 2 is 2.32 bits per heavy atom. The molecule has 2 aromatic rings. The summed E-state index contributed by atoms with van der Waals surface area (Å²) in [6.07, 6.45) is 0.873. The first-order valence-electron chi connectivity index (χ1n) is 6.56. The van der Waals surface area contributed by atoms with Crippen LogP contribution in [0.4, 0.5) is 5.69 Å². The van der Waals surface area contributed by atoms with Gasteiger partial charge in [-0.3, -0.25) is 4.79 Å². The zero-order valence-corrected chi connectivity index (χ0v) is 11.9. The molecular weight excluding hydrogens is 258 g/mol. The van der Waals surface area contributed by atoms with Crippen LogP contribution in [-0.2, 0) is 4.79 Å². The maximum atomic E-state index is 12.4. The second-order valence-electron chi connectivity index (χ2n) is 5.16. The number of hydrogen-bond acceptors (Lipinski definition) is 4. The van der Waals surface area contributed by atoms with Gasteiger partial charge in [-0.1, -0.05) is 13.8 Å². The minimum Gasteiger partial charge on any atom is -0.311 e. The van der Waals surface area contributed by atoms with E-state index in [9.17, 15) is 4.79 Å². The molecule has 1 aromatic carbocycles. The zero-order valence-electron chi connectivity index (χ0n) is 11.1. The maximum Gasteiger partial charge on any atom is 0.244 e. The van der Waals surface area contributed by atoms with E-state index in [1.54, 1.807) is 11.3 Å². The Labute approximate surface area is 116 Å². The van der Waals surface area contributed by atoms with Crippen LogP contribution in [-0.4, -0.2) is 29.5 Å². The summed E-state index contributed by atoms with van der Waals surface area (Å²) in [5, 5.41) is 3.32. The summed E-state index contributed by atoms with van der Waals surface area (Å²) in [7, 11) is 0. The van der Waals surface area contributed by atoms with Gasteiger partial charge in [-0.25, -0.2) is 4.98 Å². The number of nitrogens with one attached hydrogen (secondary N) is 1. The minimum absolute atomic E-state index is 0.0443. The summed E-state index contributed by atoms with van der Waals surface area (Å²) in [5.74, 6) is 0.178. The molecule has 19 heavy (non-hydrogen) atoms. The van der Waals surface area contributed by atoms with Crippen molar-refractivity contribution in [3.8, 4) is 0 Å². The standard InChI is InChI=1S/C14H17N3OS/c1-9(2)16-12-5-6-17(14(12)18)10-3-4-11-13(7-10)19-8-15-11/h3-4,7-9,12,16H,5-6H2,1-2H3. The highest BCUT2D eigenvalue weighted by Crippen LogP contribution is 2.27. The Morgan fingerprint density at radius 3 is 3.11 bits per heavy atom. The summed E-state index contributed by atoms with van der Waals surface area (Å²) in [5.41, 5.74) is 3.82. The average molecular weight is 275 g/mol. The normalized spacial score (nSPS) is 19.8. The van der Waals surface area contributed by atoms with Crippen LogP contribution in [0.15, 0.2) is 23.7 Å². The molecule has 1 fully saturated rings. The van der Waals surface area contributed by atoms with Crippen LogP contribution in [0, 0.1) is 0 Å². The van der Waals surface area contributed by atoms with Gasteiger partial charge in [-0.15, -0.1) is 11.3 Å². The lowest BCUT2D eigenvalue weighted by molar-refractivity contribution is -0.118. The van der Waals surface area contributed by atoms with Crippen LogP contribution >= 0.6 is 11.3 Å². The Morgan fingerprint density at radius 1 is 1.47 bits per heavy atom. The molecule has 1 atom stereocenters. The molecule has 1 amide bonds. The van der Waals surface area contributed by atoms with Crippen molar-refractivity contribution in [1.82, 2.24) is 10.3 Å². The number of carbonyl (C=O) groups is 1. The average Bonchev–Trinajstić information content (AvgIpc) is 2.96. The number of nitrogens with zero attached hydrogens (tertiary/aromatic N) is 2. The Hall–Kier alpha value is -1.46. The molecule has 5 heteroatoms. The van der Waals surface area contributed by atoms with E-state index in [0.29, 0.717) is 6.04 Å². The van der Waals surface area contributed by atoms with E-state index in [-0.39, 0.29) is 11.9 Å². The van der Waals surface area contributed by atoms with Gasteiger partial charge in [-0.05, 0) is 24.6 Å². The van der Waals surface area contributed by atoms with E-state index in [0.717, 1.165) is 28.9 Å². The summed E-state index contributed by atoms with van der Waals surface area (Å²) in [6, 6.07) is 6.31. The van der Waals surface area contributed by atoms with Crippen molar-refractivity contribution in [2.45, 2.75) is 32.4 Å². The SMILES string of the molecule is CC(C)NC1CCN(c2ccc3ncsc3c2)C1=O. The maximum absolute atomic E-state index is 12.4. The molecular formula is C14H17N3OS. The van der Waals surface area contributed by atoms with Crippen LogP contribution in [0.3, 0.4) is 0 Å². The number of amides is 1. The third-order valence-electron chi connectivity index (χ3n) is 3.37. The number of carbonyl (C=O) groups excluding carboxylic acids is 1. The van der Waals surface area contributed by atoms with Crippen molar-refractivity contribution < 1.29 is 4.79 Å². The van der Waals surface area contributed by atoms with Crippen molar-refractivity contribution in [3.63, 3.8) is 0 Å². The lowest BCUT2D eigenvalue weighted by Crippen LogP contribution is -2.41. The second kappa shape index (κ2) is 4.90. The molecule has 0 bridgehead atoms. The summed E-state index contributed by atoms with van der Waals surface area (Å²) in [4.78, 5) is 18.5. The van der Waals surface area contributed by atoms with Crippen LogP contribution in [0.1, 0.15) is 20.3 Å². The van der Waals surface area contributed by atoms with E-state index < -0.39 is 0 Å². The number of benzene rings is 1. The predicted molar refractivity (Wildman–Crippen MR) is 78.6 cm³/mol. The van der Waals surface area contributed by atoms with E-state index in [1.165, 1.54) is 0 Å². The smallest absolute Gasteiger partial charge is 0.244 e. The van der Waals surface area contributed by atoms with Gasteiger partial charge in [-0.2, -0.15) is 0 Å². The molecule has 4 nitrogen and oxygen atoms in total. The first-order chi connectivity index (χ1) is 9.15. The van der Waals surface area contributed by atoms with Crippen molar-refractivity contribution >= 4 is 33.1 Å².